The summed E-state index contributed by atoms with van der Waals surface area (Å²) in [6.07, 6.45) is 1.51. The van der Waals surface area contributed by atoms with Crippen molar-refractivity contribution in [2.75, 3.05) is 5.32 Å². The van der Waals surface area contributed by atoms with Gasteiger partial charge in [-0.05, 0) is 48.2 Å². The van der Waals surface area contributed by atoms with Crippen LogP contribution in [0.5, 0.6) is 0 Å². The van der Waals surface area contributed by atoms with Gasteiger partial charge in [-0.25, -0.2) is 0 Å². The summed E-state index contributed by atoms with van der Waals surface area (Å²) in [5, 5.41) is 4.63. The Morgan fingerprint density at radius 1 is 1.00 bits per heavy atom. The van der Waals surface area contributed by atoms with E-state index in [0.717, 1.165) is 17.3 Å². The Balaban J connectivity index is 1.54. The van der Waals surface area contributed by atoms with Crippen LogP contribution in [0.4, 0.5) is 10.5 Å². The largest absolute Gasteiger partial charge is 0.457 e. The Hall–Kier alpha value is -3.58. The lowest BCUT2D eigenvalue weighted by atomic mass is 10.1. The molecule has 1 aliphatic heterocycles. The predicted molar refractivity (Wildman–Crippen MR) is 108 cm³/mol. The topological polar surface area (TPSA) is 88.4 Å². The number of nitrogens with one attached hydrogen (secondary N) is 2. The van der Waals surface area contributed by atoms with Crippen LogP contribution >= 0.6 is 11.8 Å². The van der Waals surface area contributed by atoms with Crippen LogP contribution < -0.4 is 10.6 Å². The molecule has 1 aromatic heterocycles. The third-order valence-corrected chi connectivity index (χ3v) is 4.79. The first-order valence-corrected chi connectivity index (χ1v) is 9.22. The highest BCUT2D eigenvalue weighted by atomic mass is 32.2. The molecule has 2 N–H and O–H groups in total. The number of anilines is 1. The van der Waals surface area contributed by atoms with E-state index in [0.29, 0.717) is 22.8 Å². The smallest absolute Gasteiger partial charge is 0.290 e. The van der Waals surface area contributed by atoms with Gasteiger partial charge in [-0.15, -0.1) is 0 Å². The van der Waals surface area contributed by atoms with Gasteiger partial charge in [0.1, 0.15) is 11.5 Å². The van der Waals surface area contributed by atoms with Gasteiger partial charge in [0, 0.05) is 22.9 Å². The second kappa shape index (κ2) is 7.58. The summed E-state index contributed by atoms with van der Waals surface area (Å²) in [5.74, 6) is 0.337. The van der Waals surface area contributed by atoms with Crippen LogP contribution in [0.3, 0.4) is 0 Å². The fourth-order valence-electron chi connectivity index (χ4n) is 2.67. The summed E-state index contributed by atoms with van der Waals surface area (Å²) in [6, 6.07) is 19.7. The zero-order chi connectivity index (χ0) is 19.5. The van der Waals surface area contributed by atoms with Crippen molar-refractivity contribution < 1.29 is 18.8 Å². The molecule has 0 saturated carbocycles. The van der Waals surface area contributed by atoms with Crippen LogP contribution in [0.1, 0.15) is 16.1 Å². The van der Waals surface area contributed by atoms with Crippen molar-refractivity contribution in [2.24, 2.45) is 0 Å². The number of benzene rings is 2. The molecule has 1 fully saturated rings. The Bertz CT molecular complexity index is 1100. The maximum atomic E-state index is 12.5. The summed E-state index contributed by atoms with van der Waals surface area (Å²) in [5.41, 5.74) is 1.94. The first kappa shape index (κ1) is 17.8. The number of thioether (sulfide) groups is 1. The highest BCUT2D eigenvalue weighted by molar-refractivity contribution is 8.18. The maximum Gasteiger partial charge on any atom is 0.290 e. The molecule has 2 aromatic carbocycles. The normalized spacial score (nSPS) is 14.9. The van der Waals surface area contributed by atoms with E-state index in [-0.39, 0.29) is 10.8 Å². The molecule has 0 spiro atoms. The Morgan fingerprint density at radius 3 is 2.57 bits per heavy atom. The number of amides is 3. The Kier molecular flexibility index (Phi) is 4.82. The van der Waals surface area contributed by atoms with Crippen molar-refractivity contribution in [1.29, 1.82) is 0 Å². The molecule has 0 atom stereocenters. The minimum absolute atomic E-state index is 0.223. The van der Waals surface area contributed by atoms with Crippen LogP contribution in [0.15, 0.2) is 76.1 Å². The number of carbonyl (C=O) groups excluding carboxylic acids is 3. The summed E-state index contributed by atoms with van der Waals surface area (Å²) < 4.78 is 5.76. The summed E-state index contributed by atoms with van der Waals surface area (Å²) >= 11 is 0.829. The number of imide groups is 1. The zero-order valence-electron chi connectivity index (χ0n) is 14.5. The summed E-state index contributed by atoms with van der Waals surface area (Å²) in [7, 11) is 0. The van der Waals surface area contributed by atoms with Gasteiger partial charge in [-0.3, -0.25) is 19.7 Å². The molecule has 0 bridgehead atoms. The van der Waals surface area contributed by atoms with E-state index in [1.54, 1.807) is 30.3 Å². The van der Waals surface area contributed by atoms with Crippen LogP contribution in [-0.4, -0.2) is 17.1 Å². The minimum atomic E-state index is -0.437. The fraction of sp³-hybridized carbons (Fsp3) is 0. The third kappa shape index (κ3) is 3.89. The first-order valence-electron chi connectivity index (χ1n) is 8.40. The quantitative estimate of drug-likeness (QED) is 0.639. The van der Waals surface area contributed by atoms with Crippen molar-refractivity contribution in [2.45, 2.75) is 0 Å². The number of para-hydroxylation sites is 1. The van der Waals surface area contributed by atoms with Crippen LogP contribution in [0.2, 0.25) is 0 Å². The number of furan rings is 1. The zero-order valence-corrected chi connectivity index (χ0v) is 15.3. The minimum Gasteiger partial charge on any atom is -0.457 e. The number of hydrogen-bond acceptors (Lipinski definition) is 5. The van der Waals surface area contributed by atoms with Gasteiger partial charge in [-0.1, -0.05) is 30.3 Å². The van der Waals surface area contributed by atoms with Crippen LogP contribution in [-0.2, 0) is 4.79 Å². The molecule has 4 rings (SSSR count). The van der Waals surface area contributed by atoms with Crippen molar-refractivity contribution in [3.8, 4) is 11.3 Å². The van der Waals surface area contributed by atoms with E-state index < -0.39 is 11.1 Å². The third-order valence-electron chi connectivity index (χ3n) is 3.98. The van der Waals surface area contributed by atoms with Gasteiger partial charge in [0.25, 0.3) is 17.1 Å². The molecule has 0 unspecified atom stereocenters. The van der Waals surface area contributed by atoms with E-state index >= 15 is 0 Å². The van der Waals surface area contributed by atoms with Gasteiger partial charge in [0.15, 0.2) is 0 Å². The van der Waals surface area contributed by atoms with Gasteiger partial charge >= 0.3 is 0 Å². The van der Waals surface area contributed by atoms with Crippen molar-refractivity contribution in [3.63, 3.8) is 0 Å². The van der Waals surface area contributed by atoms with Crippen molar-refractivity contribution >= 4 is 40.6 Å². The first-order chi connectivity index (χ1) is 13.6. The molecule has 2 heterocycles. The van der Waals surface area contributed by atoms with Gasteiger partial charge in [-0.2, -0.15) is 0 Å². The summed E-state index contributed by atoms with van der Waals surface area (Å²) in [4.78, 5) is 35.6. The molecule has 138 valence electrons. The summed E-state index contributed by atoms with van der Waals surface area (Å²) in [6.45, 7) is 0. The van der Waals surface area contributed by atoms with Gasteiger partial charge in [0.2, 0.25) is 0 Å². The van der Waals surface area contributed by atoms with Gasteiger partial charge < -0.3 is 9.73 Å². The van der Waals surface area contributed by atoms with E-state index in [1.165, 1.54) is 6.08 Å². The SMILES string of the molecule is O=C1NC(=O)/C(=C/c2ccc(-c3cccc(C(=O)Nc4ccccc4)c3)o2)S1. The molecule has 0 aliphatic carbocycles. The lowest BCUT2D eigenvalue weighted by Crippen LogP contribution is -2.17. The average molecular weight is 390 g/mol. The lowest BCUT2D eigenvalue weighted by Gasteiger charge is -2.06. The molecule has 1 saturated heterocycles. The molecule has 28 heavy (non-hydrogen) atoms. The number of carbonyl (C=O) groups is 3. The molecule has 3 aromatic rings. The van der Waals surface area contributed by atoms with E-state index in [1.807, 2.05) is 36.4 Å². The molecule has 7 heteroatoms. The molecular weight excluding hydrogens is 376 g/mol. The predicted octanol–water partition coefficient (Wildman–Crippen LogP) is 4.52. The van der Waals surface area contributed by atoms with E-state index in [4.69, 9.17) is 4.42 Å². The standard InChI is InChI=1S/C21H14N2O4S/c24-19(22-15-7-2-1-3-8-15)14-6-4-5-13(11-14)17-10-9-16(27-17)12-18-20(25)23-21(26)28-18/h1-12H,(H,22,24)(H,23,25,26)/b18-12-. The Labute approximate surface area is 164 Å². The van der Waals surface area contributed by atoms with Crippen molar-refractivity contribution in [1.82, 2.24) is 5.32 Å². The monoisotopic (exact) mass is 390 g/mol. The average Bonchev–Trinajstić information content (AvgIpc) is 3.29. The lowest BCUT2D eigenvalue weighted by molar-refractivity contribution is -0.115. The number of rotatable bonds is 4. The maximum absolute atomic E-state index is 12.5. The van der Waals surface area contributed by atoms with Crippen LogP contribution in [0, 0.1) is 0 Å². The highest BCUT2D eigenvalue weighted by Gasteiger charge is 2.25. The highest BCUT2D eigenvalue weighted by Crippen LogP contribution is 2.29. The second-order valence-corrected chi connectivity index (χ2v) is 6.97. The molecule has 3 amide bonds. The van der Waals surface area contributed by atoms with Gasteiger partial charge in [0.05, 0.1) is 4.91 Å². The van der Waals surface area contributed by atoms with Crippen LogP contribution in [0.25, 0.3) is 17.4 Å². The second-order valence-electron chi connectivity index (χ2n) is 5.96. The fourth-order valence-corrected chi connectivity index (χ4v) is 3.34. The number of hydrogen-bond donors (Lipinski definition) is 2. The van der Waals surface area contributed by atoms with E-state index in [9.17, 15) is 14.4 Å². The molecule has 1 aliphatic rings. The molecule has 0 radical (unpaired) electrons. The molecular formula is C21H14N2O4S. The molecule has 6 nitrogen and oxygen atoms in total. The van der Waals surface area contributed by atoms with Crippen molar-refractivity contribution in [3.05, 3.63) is 83.0 Å². The Morgan fingerprint density at radius 2 is 1.82 bits per heavy atom. The van der Waals surface area contributed by atoms with E-state index in [2.05, 4.69) is 10.6 Å².